The molecule has 1 aromatic rings. The molecule has 1 fully saturated rings. The molecule has 0 radical (unpaired) electrons. The number of amides is 1. The average Bonchev–Trinajstić information content (AvgIpc) is 2.37. The molecule has 1 unspecified atom stereocenters. The Morgan fingerprint density at radius 1 is 1.56 bits per heavy atom. The molecule has 5 heteroatoms. The maximum Gasteiger partial charge on any atom is 0.257 e. The van der Waals surface area contributed by atoms with Crippen molar-refractivity contribution < 1.29 is 14.6 Å². The van der Waals surface area contributed by atoms with Gasteiger partial charge in [0.15, 0.2) is 0 Å². The van der Waals surface area contributed by atoms with E-state index in [0.717, 1.165) is 6.54 Å². The van der Waals surface area contributed by atoms with Gasteiger partial charge in [0.05, 0.1) is 12.7 Å². The summed E-state index contributed by atoms with van der Waals surface area (Å²) in [4.78, 5) is 14.0. The maximum atomic E-state index is 12.3. The molecule has 0 aromatic heterocycles. The van der Waals surface area contributed by atoms with E-state index in [-0.39, 0.29) is 17.7 Å². The molecule has 1 aromatic carbocycles. The Morgan fingerprint density at radius 3 is 2.94 bits per heavy atom. The average molecular weight is 250 g/mol. The predicted molar refractivity (Wildman–Crippen MR) is 68.0 cm³/mol. The normalized spacial score (nSPS) is 19.7. The molecule has 2 N–H and O–H groups in total. The van der Waals surface area contributed by atoms with Crippen molar-refractivity contribution in [2.45, 2.75) is 13.0 Å². The van der Waals surface area contributed by atoms with Crippen molar-refractivity contribution in [2.24, 2.45) is 0 Å². The Bertz CT molecular complexity index is 448. The number of phenolic OH excluding ortho intramolecular Hbond substituents is 1. The third-order valence-electron chi connectivity index (χ3n) is 3.09. The van der Waals surface area contributed by atoms with Crippen molar-refractivity contribution in [1.29, 1.82) is 0 Å². The van der Waals surface area contributed by atoms with E-state index in [0.29, 0.717) is 24.4 Å². The van der Waals surface area contributed by atoms with Crippen molar-refractivity contribution >= 4 is 5.91 Å². The molecule has 0 aliphatic carbocycles. The van der Waals surface area contributed by atoms with E-state index in [1.54, 1.807) is 17.0 Å². The van der Waals surface area contributed by atoms with E-state index in [9.17, 15) is 9.90 Å². The van der Waals surface area contributed by atoms with Crippen LogP contribution in [0.4, 0.5) is 0 Å². The minimum absolute atomic E-state index is 0.0365. The first-order chi connectivity index (χ1) is 8.61. The minimum atomic E-state index is -0.136. The van der Waals surface area contributed by atoms with Crippen LogP contribution in [0.25, 0.3) is 0 Å². The molecule has 0 bridgehead atoms. The summed E-state index contributed by atoms with van der Waals surface area (Å²) < 4.78 is 5.00. The third-order valence-corrected chi connectivity index (χ3v) is 3.09. The van der Waals surface area contributed by atoms with Crippen LogP contribution < -0.4 is 10.1 Å². The van der Waals surface area contributed by atoms with Crippen LogP contribution in [0, 0.1) is 0 Å². The van der Waals surface area contributed by atoms with Crippen LogP contribution in [0.15, 0.2) is 18.2 Å². The molecule has 1 amide bonds. The SMILES string of the molecule is COc1ccc(C(=O)N2CCNC(C)C2)c(O)c1. The lowest BCUT2D eigenvalue weighted by Gasteiger charge is -2.32. The lowest BCUT2D eigenvalue weighted by Crippen LogP contribution is -2.51. The van der Waals surface area contributed by atoms with Crippen LogP contribution in [-0.4, -0.2) is 48.7 Å². The molecular weight excluding hydrogens is 232 g/mol. The van der Waals surface area contributed by atoms with Gasteiger partial charge in [-0.2, -0.15) is 0 Å². The van der Waals surface area contributed by atoms with Gasteiger partial charge in [0.1, 0.15) is 11.5 Å². The minimum Gasteiger partial charge on any atom is -0.507 e. The molecule has 1 heterocycles. The quantitative estimate of drug-likeness (QED) is 0.816. The Hall–Kier alpha value is -1.75. The highest BCUT2D eigenvalue weighted by molar-refractivity contribution is 5.97. The van der Waals surface area contributed by atoms with Gasteiger partial charge in [-0.3, -0.25) is 4.79 Å². The van der Waals surface area contributed by atoms with Gasteiger partial charge in [-0.05, 0) is 19.1 Å². The number of rotatable bonds is 2. The van der Waals surface area contributed by atoms with Gasteiger partial charge >= 0.3 is 0 Å². The van der Waals surface area contributed by atoms with Gasteiger partial charge in [-0.25, -0.2) is 0 Å². The lowest BCUT2D eigenvalue weighted by atomic mass is 10.1. The summed E-state index contributed by atoms with van der Waals surface area (Å²) >= 11 is 0. The second-order valence-corrected chi connectivity index (χ2v) is 4.49. The number of benzene rings is 1. The van der Waals surface area contributed by atoms with Crippen molar-refractivity contribution in [3.63, 3.8) is 0 Å². The monoisotopic (exact) mass is 250 g/mol. The van der Waals surface area contributed by atoms with Gasteiger partial charge in [0.2, 0.25) is 0 Å². The van der Waals surface area contributed by atoms with Crippen LogP contribution in [0.5, 0.6) is 11.5 Å². The fourth-order valence-corrected chi connectivity index (χ4v) is 2.11. The highest BCUT2D eigenvalue weighted by Gasteiger charge is 2.23. The molecule has 18 heavy (non-hydrogen) atoms. The highest BCUT2D eigenvalue weighted by atomic mass is 16.5. The highest BCUT2D eigenvalue weighted by Crippen LogP contribution is 2.24. The van der Waals surface area contributed by atoms with Crippen molar-refractivity contribution in [3.8, 4) is 11.5 Å². The Kier molecular flexibility index (Phi) is 3.72. The summed E-state index contributed by atoms with van der Waals surface area (Å²) in [5, 5.41) is 13.1. The molecule has 0 saturated carbocycles. The number of nitrogens with zero attached hydrogens (tertiary/aromatic N) is 1. The zero-order chi connectivity index (χ0) is 13.1. The topological polar surface area (TPSA) is 61.8 Å². The van der Waals surface area contributed by atoms with E-state index in [1.165, 1.54) is 13.2 Å². The molecule has 1 atom stereocenters. The Balaban J connectivity index is 2.17. The van der Waals surface area contributed by atoms with Crippen LogP contribution >= 0.6 is 0 Å². The number of methoxy groups -OCH3 is 1. The number of ether oxygens (including phenoxy) is 1. The lowest BCUT2D eigenvalue weighted by molar-refractivity contribution is 0.0706. The van der Waals surface area contributed by atoms with E-state index in [4.69, 9.17) is 4.74 Å². The first-order valence-corrected chi connectivity index (χ1v) is 6.01. The summed E-state index contributed by atoms with van der Waals surface area (Å²) in [7, 11) is 1.52. The van der Waals surface area contributed by atoms with E-state index in [1.807, 2.05) is 6.92 Å². The zero-order valence-electron chi connectivity index (χ0n) is 10.6. The van der Waals surface area contributed by atoms with Gasteiger partial charge in [0, 0.05) is 31.7 Å². The summed E-state index contributed by atoms with van der Waals surface area (Å²) in [5.41, 5.74) is 0.324. The van der Waals surface area contributed by atoms with Crippen LogP contribution in [0.2, 0.25) is 0 Å². The summed E-state index contributed by atoms with van der Waals surface area (Å²) in [5.74, 6) is 0.367. The largest absolute Gasteiger partial charge is 0.507 e. The third kappa shape index (κ3) is 2.56. The van der Waals surface area contributed by atoms with Gasteiger partial charge < -0.3 is 20.1 Å². The van der Waals surface area contributed by atoms with Crippen molar-refractivity contribution in [3.05, 3.63) is 23.8 Å². The number of nitrogens with one attached hydrogen (secondary N) is 1. The van der Waals surface area contributed by atoms with Gasteiger partial charge in [-0.1, -0.05) is 0 Å². The van der Waals surface area contributed by atoms with E-state index in [2.05, 4.69) is 5.32 Å². The fraction of sp³-hybridized carbons (Fsp3) is 0.462. The van der Waals surface area contributed by atoms with Gasteiger partial charge in [0.25, 0.3) is 5.91 Å². The number of hydrogen-bond donors (Lipinski definition) is 2. The molecule has 5 nitrogen and oxygen atoms in total. The second kappa shape index (κ2) is 5.27. The molecule has 2 rings (SSSR count). The zero-order valence-corrected chi connectivity index (χ0v) is 10.6. The fourth-order valence-electron chi connectivity index (χ4n) is 2.11. The molecular formula is C13H18N2O3. The second-order valence-electron chi connectivity index (χ2n) is 4.49. The molecule has 1 saturated heterocycles. The standard InChI is InChI=1S/C13H18N2O3/c1-9-8-15(6-5-14-9)13(17)11-4-3-10(18-2)7-12(11)16/h3-4,7,9,14,16H,5-6,8H2,1-2H3. The predicted octanol–water partition coefficient (Wildman–Crippen LogP) is 0.835. The number of aromatic hydroxyl groups is 1. The summed E-state index contributed by atoms with van der Waals surface area (Å²) in [6.07, 6.45) is 0. The van der Waals surface area contributed by atoms with Crippen molar-refractivity contribution in [1.82, 2.24) is 10.2 Å². The summed E-state index contributed by atoms with van der Waals surface area (Å²) in [6, 6.07) is 5.02. The van der Waals surface area contributed by atoms with Gasteiger partial charge in [-0.15, -0.1) is 0 Å². The smallest absolute Gasteiger partial charge is 0.257 e. The van der Waals surface area contributed by atoms with E-state index >= 15 is 0 Å². The first-order valence-electron chi connectivity index (χ1n) is 6.01. The number of piperazine rings is 1. The van der Waals surface area contributed by atoms with Crippen LogP contribution in [-0.2, 0) is 0 Å². The van der Waals surface area contributed by atoms with Crippen molar-refractivity contribution in [2.75, 3.05) is 26.7 Å². The molecule has 1 aliphatic rings. The van der Waals surface area contributed by atoms with Crippen LogP contribution in [0.3, 0.4) is 0 Å². The number of hydrogen-bond acceptors (Lipinski definition) is 4. The number of carbonyl (C=O) groups excluding carboxylic acids is 1. The number of carbonyl (C=O) groups is 1. The number of phenols is 1. The maximum absolute atomic E-state index is 12.3. The first kappa shape index (κ1) is 12.7. The Labute approximate surface area is 106 Å². The molecule has 0 spiro atoms. The van der Waals surface area contributed by atoms with Crippen LogP contribution in [0.1, 0.15) is 17.3 Å². The summed E-state index contributed by atoms with van der Waals surface area (Å²) in [6.45, 7) is 4.14. The molecule has 1 aliphatic heterocycles. The molecule has 98 valence electrons. The van der Waals surface area contributed by atoms with E-state index < -0.39 is 0 Å². The Morgan fingerprint density at radius 2 is 2.33 bits per heavy atom.